The van der Waals surface area contributed by atoms with Gasteiger partial charge >= 0.3 is 5.97 Å². The van der Waals surface area contributed by atoms with Gasteiger partial charge in [-0.25, -0.2) is 0 Å². The van der Waals surface area contributed by atoms with E-state index in [1.807, 2.05) is 6.07 Å². The van der Waals surface area contributed by atoms with Crippen LogP contribution in [0.1, 0.15) is 25.0 Å². The standard InChI is InChI=1S/C11H13NO3/c1-2-15-11(13)9-7-8(9)10-5-3-4-6-12(10)14/h3-6,8-9H,2,7H2,1H3/t8-,9+/m1/s1. The molecule has 0 bridgehead atoms. The average Bonchev–Trinajstić information content (AvgIpc) is 2.98. The summed E-state index contributed by atoms with van der Waals surface area (Å²) >= 11 is 0. The van der Waals surface area contributed by atoms with Gasteiger partial charge in [-0.2, -0.15) is 4.73 Å². The summed E-state index contributed by atoms with van der Waals surface area (Å²) in [6, 6.07) is 5.25. The molecule has 4 heteroatoms. The Morgan fingerprint density at radius 1 is 1.67 bits per heavy atom. The SMILES string of the molecule is CCOC(=O)[C@H]1C[C@H]1c1cccc[n+]1[O-]. The fourth-order valence-electron chi connectivity index (χ4n) is 1.76. The van der Waals surface area contributed by atoms with Gasteiger partial charge in [0.2, 0.25) is 0 Å². The Balaban J connectivity index is 2.05. The third-order valence-corrected chi connectivity index (χ3v) is 2.61. The summed E-state index contributed by atoms with van der Waals surface area (Å²) in [5.74, 6) is -0.262. The number of nitrogens with zero attached hydrogens (tertiary/aromatic N) is 1. The molecule has 1 heterocycles. The maximum absolute atomic E-state index is 11.4. The summed E-state index contributed by atoms with van der Waals surface area (Å²) in [5, 5.41) is 11.4. The molecular weight excluding hydrogens is 194 g/mol. The van der Waals surface area contributed by atoms with E-state index in [2.05, 4.69) is 0 Å². The van der Waals surface area contributed by atoms with Crippen LogP contribution in [0.2, 0.25) is 0 Å². The monoisotopic (exact) mass is 207 g/mol. The molecule has 1 aliphatic rings. The lowest BCUT2D eigenvalue weighted by atomic mass is 10.2. The number of rotatable bonds is 3. The van der Waals surface area contributed by atoms with Crippen molar-refractivity contribution < 1.29 is 14.3 Å². The minimum Gasteiger partial charge on any atom is -0.618 e. The molecule has 15 heavy (non-hydrogen) atoms. The Morgan fingerprint density at radius 2 is 2.47 bits per heavy atom. The van der Waals surface area contributed by atoms with Crippen LogP contribution in [-0.4, -0.2) is 12.6 Å². The quantitative estimate of drug-likeness (QED) is 0.422. The number of hydrogen-bond donors (Lipinski definition) is 0. The van der Waals surface area contributed by atoms with Crippen LogP contribution in [0.15, 0.2) is 24.4 Å². The van der Waals surface area contributed by atoms with Gasteiger partial charge in [-0.05, 0) is 13.3 Å². The van der Waals surface area contributed by atoms with E-state index in [1.54, 1.807) is 19.1 Å². The Hall–Kier alpha value is -1.58. The third kappa shape index (κ3) is 1.93. The molecule has 1 aliphatic carbocycles. The molecule has 0 spiro atoms. The minimum atomic E-state index is -0.189. The molecule has 0 amide bonds. The Morgan fingerprint density at radius 3 is 3.13 bits per heavy atom. The van der Waals surface area contributed by atoms with Crippen LogP contribution in [-0.2, 0) is 9.53 Å². The number of pyridine rings is 1. The van der Waals surface area contributed by atoms with Gasteiger partial charge in [0, 0.05) is 12.1 Å². The minimum absolute atomic E-state index is 0.0442. The highest BCUT2D eigenvalue weighted by Gasteiger charge is 2.49. The smallest absolute Gasteiger partial charge is 0.309 e. The van der Waals surface area contributed by atoms with Gasteiger partial charge in [0.15, 0.2) is 11.9 Å². The maximum Gasteiger partial charge on any atom is 0.309 e. The molecule has 0 unspecified atom stereocenters. The second-order valence-electron chi connectivity index (χ2n) is 3.65. The van der Waals surface area contributed by atoms with Crippen molar-refractivity contribution in [1.82, 2.24) is 0 Å². The second-order valence-corrected chi connectivity index (χ2v) is 3.65. The Kier molecular flexibility index (Phi) is 2.58. The van der Waals surface area contributed by atoms with Gasteiger partial charge in [-0.3, -0.25) is 4.79 Å². The van der Waals surface area contributed by atoms with E-state index in [4.69, 9.17) is 4.74 Å². The number of carbonyl (C=O) groups is 1. The lowest BCUT2D eigenvalue weighted by Gasteiger charge is -2.03. The number of esters is 1. The predicted octanol–water partition coefficient (Wildman–Crippen LogP) is 0.987. The van der Waals surface area contributed by atoms with Crippen molar-refractivity contribution in [3.63, 3.8) is 0 Å². The topological polar surface area (TPSA) is 53.2 Å². The van der Waals surface area contributed by atoms with Crippen LogP contribution < -0.4 is 4.73 Å². The molecule has 1 fully saturated rings. The highest BCUT2D eigenvalue weighted by molar-refractivity contribution is 5.77. The number of hydrogen-bond acceptors (Lipinski definition) is 3. The van der Waals surface area contributed by atoms with Crippen molar-refractivity contribution in [1.29, 1.82) is 0 Å². The van der Waals surface area contributed by atoms with Gasteiger partial charge in [-0.1, -0.05) is 6.07 Å². The summed E-state index contributed by atoms with van der Waals surface area (Å²) in [4.78, 5) is 11.4. The first-order valence-electron chi connectivity index (χ1n) is 5.08. The molecule has 2 rings (SSSR count). The molecule has 2 atom stereocenters. The van der Waals surface area contributed by atoms with Crippen LogP contribution in [0.4, 0.5) is 0 Å². The molecule has 4 nitrogen and oxygen atoms in total. The zero-order valence-electron chi connectivity index (χ0n) is 8.55. The van der Waals surface area contributed by atoms with E-state index in [-0.39, 0.29) is 17.8 Å². The Labute approximate surface area is 88.1 Å². The summed E-state index contributed by atoms with van der Waals surface area (Å²) < 4.78 is 5.73. The van der Waals surface area contributed by atoms with Gasteiger partial charge in [0.05, 0.1) is 18.4 Å². The lowest BCUT2D eigenvalue weighted by molar-refractivity contribution is -0.614. The summed E-state index contributed by atoms with van der Waals surface area (Å²) in [6.07, 6.45) is 2.18. The van der Waals surface area contributed by atoms with E-state index in [9.17, 15) is 10.0 Å². The van der Waals surface area contributed by atoms with Crippen LogP contribution in [0.25, 0.3) is 0 Å². The van der Waals surface area contributed by atoms with Gasteiger partial charge in [0.1, 0.15) is 0 Å². The number of ether oxygens (including phenoxy) is 1. The fraction of sp³-hybridized carbons (Fsp3) is 0.455. The predicted molar refractivity (Wildman–Crippen MR) is 52.9 cm³/mol. The highest BCUT2D eigenvalue weighted by Crippen LogP contribution is 2.46. The molecule has 0 aromatic carbocycles. The van der Waals surface area contributed by atoms with Crippen molar-refractivity contribution in [2.45, 2.75) is 19.3 Å². The first kappa shape index (κ1) is 9.96. The normalized spacial score (nSPS) is 23.5. The van der Waals surface area contributed by atoms with Crippen LogP contribution in [0.3, 0.4) is 0 Å². The molecule has 0 radical (unpaired) electrons. The van der Waals surface area contributed by atoms with Gasteiger partial charge < -0.3 is 9.94 Å². The number of carbonyl (C=O) groups excluding carboxylic acids is 1. The van der Waals surface area contributed by atoms with Crippen LogP contribution >= 0.6 is 0 Å². The highest BCUT2D eigenvalue weighted by atomic mass is 16.5. The molecular formula is C11H13NO3. The molecule has 1 aromatic heterocycles. The zero-order valence-corrected chi connectivity index (χ0v) is 8.55. The summed E-state index contributed by atoms with van der Waals surface area (Å²) in [5.41, 5.74) is 0.663. The average molecular weight is 207 g/mol. The molecule has 0 N–H and O–H groups in total. The lowest BCUT2D eigenvalue weighted by Crippen LogP contribution is -2.30. The molecule has 1 aromatic rings. The van der Waals surface area contributed by atoms with Crippen LogP contribution in [0.5, 0.6) is 0 Å². The van der Waals surface area contributed by atoms with Crippen LogP contribution in [0, 0.1) is 11.1 Å². The molecule has 1 saturated carbocycles. The number of aromatic nitrogens is 1. The van der Waals surface area contributed by atoms with Crippen molar-refractivity contribution in [3.8, 4) is 0 Å². The van der Waals surface area contributed by atoms with Crippen molar-refractivity contribution >= 4 is 5.97 Å². The maximum atomic E-state index is 11.4. The fourth-order valence-corrected chi connectivity index (χ4v) is 1.76. The summed E-state index contributed by atoms with van der Waals surface area (Å²) in [6.45, 7) is 2.18. The molecule has 0 aliphatic heterocycles. The van der Waals surface area contributed by atoms with Crippen molar-refractivity contribution in [2.24, 2.45) is 5.92 Å². The first-order chi connectivity index (χ1) is 7.24. The van der Waals surface area contributed by atoms with E-state index in [1.165, 1.54) is 6.20 Å². The summed E-state index contributed by atoms with van der Waals surface area (Å²) in [7, 11) is 0. The van der Waals surface area contributed by atoms with E-state index < -0.39 is 0 Å². The molecule has 80 valence electrons. The van der Waals surface area contributed by atoms with E-state index in [0.29, 0.717) is 12.3 Å². The molecule has 0 saturated heterocycles. The largest absolute Gasteiger partial charge is 0.618 e. The van der Waals surface area contributed by atoms with Gasteiger partial charge in [-0.15, -0.1) is 0 Å². The van der Waals surface area contributed by atoms with Gasteiger partial charge in [0.25, 0.3) is 0 Å². The van der Waals surface area contributed by atoms with E-state index >= 15 is 0 Å². The van der Waals surface area contributed by atoms with Crippen molar-refractivity contribution in [3.05, 3.63) is 35.3 Å². The first-order valence-corrected chi connectivity index (χ1v) is 5.08. The van der Waals surface area contributed by atoms with E-state index in [0.717, 1.165) is 11.2 Å². The second kappa shape index (κ2) is 3.88. The zero-order chi connectivity index (χ0) is 10.8. The third-order valence-electron chi connectivity index (χ3n) is 2.61. The van der Waals surface area contributed by atoms with Crippen molar-refractivity contribution in [2.75, 3.05) is 6.61 Å². The Bertz CT molecular complexity index is 378.